The molecule has 2 rings (SSSR count). The Kier molecular flexibility index (Phi) is 4.16. The number of nitrogens with two attached hydrogens (primary N) is 1. The summed E-state index contributed by atoms with van der Waals surface area (Å²) in [6, 6.07) is 7.79. The molecule has 0 unspecified atom stereocenters. The number of rotatable bonds is 5. The SMILES string of the molecule is Cc1ccc(OCC2(CS(N)(=O)=O)CCCC2)cc1. The van der Waals surface area contributed by atoms with Crippen LogP contribution in [0, 0.1) is 12.3 Å². The lowest BCUT2D eigenvalue weighted by molar-refractivity contribution is 0.170. The van der Waals surface area contributed by atoms with Crippen molar-refractivity contribution in [3.05, 3.63) is 29.8 Å². The summed E-state index contributed by atoms with van der Waals surface area (Å²) >= 11 is 0. The van der Waals surface area contributed by atoms with Gasteiger partial charge in [0.1, 0.15) is 5.75 Å². The number of sulfonamides is 1. The van der Waals surface area contributed by atoms with Gasteiger partial charge in [0.2, 0.25) is 10.0 Å². The van der Waals surface area contributed by atoms with Gasteiger partial charge in [-0.05, 0) is 31.9 Å². The van der Waals surface area contributed by atoms with E-state index in [-0.39, 0.29) is 11.2 Å². The van der Waals surface area contributed by atoms with E-state index in [1.54, 1.807) is 0 Å². The molecule has 0 radical (unpaired) electrons. The maximum absolute atomic E-state index is 11.4. The molecule has 0 bridgehead atoms. The summed E-state index contributed by atoms with van der Waals surface area (Å²) in [7, 11) is -3.46. The van der Waals surface area contributed by atoms with Crippen LogP contribution in [0.25, 0.3) is 0 Å². The third kappa shape index (κ3) is 4.21. The van der Waals surface area contributed by atoms with Gasteiger partial charge in [-0.1, -0.05) is 30.5 Å². The summed E-state index contributed by atoms with van der Waals surface area (Å²) in [6.45, 7) is 2.44. The molecule has 0 aliphatic heterocycles. The first-order chi connectivity index (χ1) is 8.89. The van der Waals surface area contributed by atoms with E-state index in [0.717, 1.165) is 31.4 Å². The van der Waals surface area contributed by atoms with E-state index in [9.17, 15) is 8.42 Å². The fourth-order valence-electron chi connectivity index (χ4n) is 2.75. The first-order valence-corrected chi connectivity index (χ1v) is 8.30. The third-order valence-corrected chi connectivity index (χ3v) is 4.75. The molecule has 1 aliphatic carbocycles. The van der Waals surface area contributed by atoms with Crippen molar-refractivity contribution in [3.8, 4) is 5.75 Å². The van der Waals surface area contributed by atoms with Gasteiger partial charge in [-0.3, -0.25) is 0 Å². The van der Waals surface area contributed by atoms with Crippen LogP contribution in [0.5, 0.6) is 5.75 Å². The highest BCUT2D eigenvalue weighted by molar-refractivity contribution is 7.89. The molecule has 106 valence electrons. The Hall–Kier alpha value is -1.07. The summed E-state index contributed by atoms with van der Waals surface area (Å²) in [5.41, 5.74) is 0.867. The Morgan fingerprint density at radius 1 is 1.21 bits per heavy atom. The lowest BCUT2D eigenvalue weighted by atomic mass is 9.90. The average molecular weight is 283 g/mol. The van der Waals surface area contributed by atoms with Gasteiger partial charge < -0.3 is 4.74 Å². The average Bonchev–Trinajstić information content (AvgIpc) is 2.75. The van der Waals surface area contributed by atoms with E-state index in [0.29, 0.717) is 6.61 Å². The Morgan fingerprint density at radius 3 is 2.32 bits per heavy atom. The molecule has 0 amide bonds. The summed E-state index contributed by atoms with van der Waals surface area (Å²) in [4.78, 5) is 0. The summed E-state index contributed by atoms with van der Waals surface area (Å²) in [6.07, 6.45) is 3.84. The maximum Gasteiger partial charge on any atom is 0.209 e. The summed E-state index contributed by atoms with van der Waals surface area (Å²) < 4.78 is 28.5. The zero-order chi connectivity index (χ0) is 13.9. The van der Waals surface area contributed by atoms with Crippen LogP contribution in [0.3, 0.4) is 0 Å². The molecule has 1 aliphatic rings. The standard InChI is InChI=1S/C14H21NO3S/c1-12-4-6-13(7-5-12)18-10-14(8-2-3-9-14)11-19(15,16)17/h4-7H,2-3,8-11H2,1H3,(H2,15,16,17). The van der Waals surface area contributed by atoms with Crippen LogP contribution in [0.1, 0.15) is 31.2 Å². The molecule has 4 nitrogen and oxygen atoms in total. The second kappa shape index (κ2) is 5.51. The Bertz CT molecular complexity index is 516. The van der Waals surface area contributed by atoms with Crippen LogP contribution in [0.15, 0.2) is 24.3 Å². The fraction of sp³-hybridized carbons (Fsp3) is 0.571. The van der Waals surface area contributed by atoms with E-state index in [2.05, 4.69) is 0 Å². The zero-order valence-electron chi connectivity index (χ0n) is 11.3. The number of hydrogen-bond acceptors (Lipinski definition) is 3. The second-order valence-electron chi connectivity index (χ2n) is 5.62. The Morgan fingerprint density at radius 2 is 1.79 bits per heavy atom. The summed E-state index contributed by atoms with van der Waals surface area (Å²) in [5, 5.41) is 5.21. The molecule has 0 aromatic heterocycles. The largest absolute Gasteiger partial charge is 0.493 e. The molecule has 2 N–H and O–H groups in total. The smallest absolute Gasteiger partial charge is 0.209 e. The minimum Gasteiger partial charge on any atom is -0.493 e. The van der Waals surface area contributed by atoms with Crippen LogP contribution in [0.4, 0.5) is 0 Å². The highest BCUT2D eigenvalue weighted by Gasteiger charge is 2.38. The topological polar surface area (TPSA) is 69.4 Å². The molecule has 19 heavy (non-hydrogen) atoms. The molecule has 1 aromatic rings. The normalized spacial score (nSPS) is 18.4. The van der Waals surface area contributed by atoms with Crippen LogP contribution < -0.4 is 9.88 Å². The van der Waals surface area contributed by atoms with Crippen molar-refractivity contribution in [1.82, 2.24) is 0 Å². The van der Waals surface area contributed by atoms with Crippen LogP contribution in [0.2, 0.25) is 0 Å². The predicted molar refractivity (Wildman–Crippen MR) is 75.5 cm³/mol. The number of ether oxygens (including phenoxy) is 1. The molecule has 0 atom stereocenters. The molecular formula is C14H21NO3S. The quantitative estimate of drug-likeness (QED) is 0.901. The van der Waals surface area contributed by atoms with Gasteiger partial charge in [-0.2, -0.15) is 0 Å². The van der Waals surface area contributed by atoms with Crippen molar-refractivity contribution >= 4 is 10.0 Å². The van der Waals surface area contributed by atoms with Crippen LogP contribution in [-0.2, 0) is 10.0 Å². The minimum absolute atomic E-state index is 0.0197. The van der Waals surface area contributed by atoms with Crippen LogP contribution >= 0.6 is 0 Å². The van der Waals surface area contributed by atoms with Gasteiger partial charge in [0, 0.05) is 5.41 Å². The van der Waals surface area contributed by atoms with Crippen molar-refractivity contribution < 1.29 is 13.2 Å². The molecule has 1 aromatic carbocycles. The third-order valence-electron chi connectivity index (χ3n) is 3.74. The molecular weight excluding hydrogens is 262 g/mol. The van der Waals surface area contributed by atoms with Gasteiger partial charge in [-0.25, -0.2) is 13.6 Å². The lowest BCUT2D eigenvalue weighted by Crippen LogP contribution is -2.36. The van der Waals surface area contributed by atoms with Gasteiger partial charge in [0.15, 0.2) is 0 Å². The van der Waals surface area contributed by atoms with Crippen molar-refractivity contribution in [2.24, 2.45) is 10.6 Å². The molecule has 1 saturated carbocycles. The van der Waals surface area contributed by atoms with Crippen molar-refractivity contribution in [1.29, 1.82) is 0 Å². The fourth-order valence-corrected chi connectivity index (χ4v) is 3.98. The molecule has 5 heteroatoms. The van der Waals surface area contributed by atoms with Crippen molar-refractivity contribution in [2.45, 2.75) is 32.6 Å². The number of benzene rings is 1. The first kappa shape index (κ1) is 14.3. The van der Waals surface area contributed by atoms with Gasteiger partial charge >= 0.3 is 0 Å². The lowest BCUT2D eigenvalue weighted by Gasteiger charge is -2.27. The molecule has 0 spiro atoms. The maximum atomic E-state index is 11.4. The zero-order valence-corrected chi connectivity index (χ0v) is 12.1. The molecule has 1 fully saturated rings. The highest BCUT2D eigenvalue weighted by Crippen LogP contribution is 2.39. The van der Waals surface area contributed by atoms with E-state index >= 15 is 0 Å². The number of primary sulfonamides is 1. The van der Waals surface area contributed by atoms with Crippen LogP contribution in [-0.4, -0.2) is 20.8 Å². The van der Waals surface area contributed by atoms with E-state index in [4.69, 9.17) is 9.88 Å². The van der Waals surface area contributed by atoms with E-state index < -0.39 is 10.0 Å². The van der Waals surface area contributed by atoms with Gasteiger partial charge in [0.05, 0.1) is 12.4 Å². The summed E-state index contributed by atoms with van der Waals surface area (Å²) in [5.74, 6) is 0.803. The number of hydrogen-bond donors (Lipinski definition) is 1. The van der Waals surface area contributed by atoms with Gasteiger partial charge in [0.25, 0.3) is 0 Å². The van der Waals surface area contributed by atoms with Gasteiger partial charge in [-0.15, -0.1) is 0 Å². The molecule has 0 saturated heterocycles. The predicted octanol–water partition coefficient (Wildman–Crippen LogP) is 2.22. The second-order valence-corrected chi connectivity index (χ2v) is 7.23. The number of aryl methyl sites for hydroxylation is 1. The van der Waals surface area contributed by atoms with Crippen molar-refractivity contribution in [3.63, 3.8) is 0 Å². The van der Waals surface area contributed by atoms with E-state index in [1.807, 2.05) is 31.2 Å². The monoisotopic (exact) mass is 283 g/mol. The molecule has 0 heterocycles. The first-order valence-electron chi connectivity index (χ1n) is 6.59. The minimum atomic E-state index is -3.46. The van der Waals surface area contributed by atoms with Crippen molar-refractivity contribution in [2.75, 3.05) is 12.4 Å². The Labute approximate surface area is 115 Å². The van der Waals surface area contributed by atoms with E-state index in [1.165, 1.54) is 5.56 Å². The highest BCUT2D eigenvalue weighted by atomic mass is 32.2. The Balaban J connectivity index is 2.03.